The molecule has 37 heavy (non-hydrogen) atoms. The first-order valence-electron chi connectivity index (χ1n) is 12.3. The predicted octanol–water partition coefficient (Wildman–Crippen LogP) is 2.22. The second kappa shape index (κ2) is 10.8. The number of pyridine rings is 1. The molecule has 2 fully saturated rings. The topological polar surface area (TPSA) is 133 Å². The van der Waals surface area contributed by atoms with Gasteiger partial charge in [-0.05, 0) is 58.2 Å². The van der Waals surface area contributed by atoms with E-state index in [-0.39, 0.29) is 53.4 Å². The molecule has 1 atom stereocenters. The molecule has 1 aromatic heterocycles. The quantitative estimate of drug-likeness (QED) is 0.557. The first kappa shape index (κ1) is 27.1. The number of benzene rings is 1. The van der Waals surface area contributed by atoms with Crippen molar-refractivity contribution >= 4 is 32.9 Å². The van der Waals surface area contributed by atoms with Crippen LogP contribution in [0, 0.1) is 5.92 Å². The summed E-state index contributed by atoms with van der Waals surface area (Å²) in [4.78, 5) is 37.5. The van der Waals surface area contributed by atoms with Gasteiger partial charge in [0.1, 0.15) is 5.60 Å². The molecule has 1 amide bonds. The van der Waals surface area contributed by atoms with E-state index in [9.17, 15) is 22.8 Å². The van der Waals surface area contributed by atoms with Gasteiger partial charge in [0.2, 0.25) is 10.0 Å². The molecule has 12 heteroatoms. The monoisotopic (exact) mass is 535 g/mol. The van der Waals surface area contributed by atoms with E-state index in [2.05, 4.69) is 5.32 Å². The van der Waals surface area contributed by atoms with Crippen molar-refractivity contribution in [3.8, 4) is 0 Å². The molecule has 1 aromatic carbocycles. The number of esters is 1. The third-order valence-electron chi connectivity index (χ3n) is 6.37. The summed E-state index contributed by atoms with van der Waals surface area (Å²) in [6, 6.07) is 5.67. The molecule has 0 spiro atoms. The van der Waals surface area contributed by atoms with E-state index >= 15 is 0 Å². The molecule has 0 radical (unpaired) electrons. The Morgan fingerprint density at radius 3 is 2.54 bits per heavy atom. The molecule has 2 aliphatic heterocycles. The first-order valence-corrected chi connectivity index (χ1v) is 13.8. The fourth-order valence-corrected chi connectivity index (χ4v) is 6.18. The minimum atomic E-state index is -3.94. The van der Waals surface area contributed by atoms with Crippen molar-refractivity contribution in [1.29, 1.82) is 0 Å². The summed E-state index contributed by atoms with van der Waals surface area (Å²) >= 11 is 0. The molecular formula is C25H33N3O8S. The molecule has 0 bridgehead atoms. The average molecular weight is 536 g/mol. The molecule has 0 aliphatic carbocycles. The van der Waals surface area contributed by atoms with Gasteiger partial charge in [0.25, 0.3) is 5.56 Å². The summed E-state index contributed by atoms with van der Waals surface area (Å²) in [5.74, 6) is -0.633. The van der Waals surface area contributed by atoms with E-state index in [1.165, 1.54) is 27.2 Å². The van der Waals surface area contributed by atoms with Crippen LogP contribution in [0.3, 0.4) is 0 Å². The van der Waals surface area contributed by atoms with Crippen LogP contribution in [0.15, 0.2) is 40.2 Å². The van der Waals surface area contributed by atoms with Crippen LogP contribution >= 0.6 is 0 Å². The van der Waals surface area contributed by atoms with E-state index in [0.29, 0.717) is 32.5 Å². The van der Waals surface area contributed by atoms with E-state index in [1.54, 1.807) is 32.9 Å². The van der Waals surface area contributed by atoms with Crippen LogP contribution in [-0.4, -0.2) is 67.3 Å². The predicted molar refractivity (Wildman–Crippen MR) is 134 cm³/mol. The number of sulfonamides is 1. The lowest BCUT2D eigenvalue weighted by atomic mass is 10.0. The zero-order chi connectivity index (χ0) is 26.8. The SMILES string of the molecule is CC(C)(C)OC(=O)NC1CCN(S(=O)(=O)c2cccc3c(=O)n(COC(=O)C4CCOCC4)ccc23)C1. The van der Waals surface area contributed by atoms with Crippen molar-refractivity contribution < 1.29 is 32.2 Å². The van der Waals surface area contributed by atoms with E-state index < -0.39 is 27.3 Å². The van der Waals surface area contributed by atoms with Gasteiger partial charge < -0.3 is 19.5 Å². The number of alkyl carbamates (subject to hydrolysis) is 1. The molecule has 1 N–H and O–H groups in total. The third-order valence-corrected chi connectivity index (χ3v) is 8.29. The average Bonchev–Trinajstić information content (AvgIpc) is 3.31. The number of nitrogens with one attached hydrogen (secondary N) is 1. The third kappa shape index (κ3) is 6.31. The Morgan fingerprint density at radius 2 is 1.84 bits per heavy atom. The maximum Gasteiger partial charge on any atom is 0.407 e. The minimum Gasteiger partial charge on any atom is -0.444 e. The maximum absolute atomic E-state index is 13.5. The van der Waals surface area contributed by atoms with Gasteiger partial charge in [0.15, 0.2) is 6.73 Å². The number of carbonyl (C=O) groups is 2. The standard InChI is InChI=1S/C25H33N3O8S/c1-25(2,3)36-24(31)26-18-7-12-28(15-18)37(32,33)21-6-4-5-20-19(21)8-11-27(22(20)29)16-35-23(30)17-9-13-34-14-10-17/h4-6,8,11,17-18H,7,9-10,12-16H2,1-3H3,(H,26,31). The smallest absolute Gasteiger partial charge is 0.407 e. The Morgan fingerprint density at radius 1 is 1.11 bits per heavy atom. The Labute approximate surface area is 215 Å². The molecule has 1 unspecified atom stereocenters. The van der Waals surface area contributed by atoms with Crippen LogP contribution in [0.2, 0.25) is 0 Å². The van der Waals surface area contributed by atoms with Crippen LogP contribution < -0.4 is 10.9 Å². The van der Waals surface area contributed by atoms with Crippen molar-refractivity contribution in [2.24, 2.45) is 5.92 Å². The van der Waals surface area contributed by atoms with E-state index in [4.69, 9.17) is 14.2 Å². The van der Waals surface area contributed by atoms with Gasteiger partial charge in [-0.15, -0.1) is 0 Å². The van der Waals surface area contributed by atoms with Crippen LogP contribution in [0.5, 0.6) is 0 Å². The Balaban J connectivity index is 1.49. The van der Waals surface area contributed by atoms with Gasteiger partial charge in [0.05, 0.1) is 10.8 Å². The summed E-state index contributed by atoms with van der Waals surface area (Å²) in [7, 11) is -3.94. The second-order valence-electron chi connectivity index (χ2n) is 10.3. The van der Waals surface area contributed by atoms with Crippen LogP contribution in [0.25, 0.3) is 10.8 Å². The number of fused-ring (bicyclic) bond motifs is 1. The van der Waals surface area contributed by atoms with E-state index in [1.807, 2.05) is 0 Å². The Bertz CT molecular complexity index is 1330. The highest BCUT2D eigenvalue weighted by molar-refractivity contribution is 7.89. The van der Waals surface area contributed by atoms with Crippen molar-refractivity contribution in [3.05, 3.63) is 40.8 Å². The van der Waals surface area contributed by atoms with Gasteiger partial charge >= 0.3 is 12.1 Å². The summed E-state index contributed by atoms with van der Waals surface area (Å²) in [6.07, 6.45) is 2.43. The zero-order valence-electron chi connectivity index (χ0n) is 21.3. The second-order valence-corrected chi connectivity index (χ2v) is 12.2. The Kier molecular flexibility index (Phi) is 7.91. The highest BCUT2D eigenvalue weighted by Gasteiger charge is 2.35. The van der Waals surface area contributed by atoms with Gasteiger partial charge in [0, 0.05) is 49.3 Å². The number of carbonyl (C=O) groups excluding carboxylic acids is 2. The fourth-order valence-electron chi connectivity index (χ4n) is 4.48. The molecule has 202 valence electrons. The number of ether oxygens (including phenoxy) is 3. The van der Waals surface area contributed by atoms with Gasteiger partial charge in [-0.3, -0.25) is 14.2 Å². The number of amides is 1. The normalized spacial score (nSPS) is 19.6. The van der Waals surface area contributed by atoms with Gasteiger partial charge in [-0.1, -0.05) is 6.07 Å². The van der Waals surface area contributed by atoms with Crippen molar-refractivity contribution in [1.82, 2.24) is 14.2 Å². The van der Waals surface area contributed by atoms with Gasteiger partial charge in [-0.25, -0.2) is 13.2 Å². The lowest BCUT2D eigenvalue weighted by Crippen LogP contribution is -2.41. The number of aromatic nitrogens is 1. The molecule has 3 heterocycles. The molecule has 4 rings (SSSR count). The zero-order valence-corrected chi connectivity index (χ0v) is 22.1. The summed E-state index contributed by atoms with van der Waals surface area (Å²) in [6.45, 7) is 6.32. The van der Waals surface area contributed by atoms with Crippen LogP contribution in [0.4, 0.5) is 4.79 Å². The maximum atomic E-state index is 13.5. The molecular weight excluding hydrogens is 502 g/mol. The van der Waals surface area contributed by atoms with Crippen LogP contribution in [0.1, 0.15) is 40.0 Å². The molecule has 2 saturated heterocycles. The highest BCUT2D eigenvalue weighted by Crippen LogP contribution is 2.27. The number of nitrogens with zero attached hydrogens (tertiary/aromatic N) is 2. The number of hydrogen-bond acceptors (Lipinski definition) is 8. The van der Waals surface area contributed by atoms with E-state index in [0.717, 1.165) is 0 Å². The minimum absolute atomic E-state index is 0.00590. The van der Waals surface area contributed by atoms with Crippen LogP contribution in [-0.2, 0) is 35.8 Å². The highest BCUT2D eigenvalue weighted by atomic mass is 32.2. The largest absolute Gasteiger partial charge is 0.444 e. The lowest BCUT2D eigenvalue weighted by Gasteiger charge is -2.22. The Hall–Kier alpha value is -2.96. The summed E-state index contributed by atoms with van der Waals surface area (Å²) in [5.41, 5.74) is -1.12. The van der Waals surface area contributed by atoms with Crippen molar-refractivity contribution in [3.63, 3.8) is 0 Å². The summed E-state index contributed by atoms with van der Waals surface area (Å²) < 4.78 is 45.4. The lowest BCUT2D eigenvalue weighted by molar-refractivity contribution is -0.155. The van der Waals surface area contributed by atoms with Crippen molar-refractivity contribution in [2.75, 3.05) is 26.3 Å². The molecule has 0 saturated carbocycles. The molecule has 2 aromatic rings. The fraction of sp³-hybridized carbons (Fsp3) is 0.560. The number of hydrogen-bond donors (Lipinski definition) is 1. The number of rotatable bonds is 6. The van der Waals surface area contributed by atoms with Crippen molar-refractivity contribution in [2.45, 2.75) is 63.3 Å². The van der Waals surface area contributed by atoms with Gasteiger partial charge in [-0.2, -0.15) is 4.31 Å². The summed E-state index contributed by atoms with van der Waals surface area (Å²) in [5, 5.41) is 3.20. The molecule has 2 aliphatic rings. The first-order chi connectivity index (χ1) is 17.5. The molecule has 11 nitrogen and oxygen atoms in total.